The first-order valence-corrected chi connectivity index (χ1v) is 3.06. The summed E-state index contributed by atoms with van der Waals surface area (Å²) < 4.78 is 0. The predicted octanol–water partition coefficient (Wildman–Crippen LogP) is -4.95. The number of hydrogen-bond acceptors (Lipinski definition) is 6. The van der Waals surface area contributed by atoms with Crippen molar-refractivity contribution in [2.75, 3.05) is 0 Å². The average Bonchev–Trinajstić information content (AvgIpc) is 1.88. The maximum Gasteiger partial charge on any atom is 2.00 e. The topological polar surface area (TPSA) is 184 Å². The van der Waals surface area contributed by atoms with Crippen molar-refractivity contribution in [3.63, 3.8) is 0 Å². The number of carboxylic acid groups (broad SMARTS) is 2. The van der Waals surface area contributed by atoms with Crippen LogP contribution in [-0.4, -0.2) is 68.4 Å². The summed E-state index contributed by atoms with van der Waals surface area (Å²) in [5.74, 6) is -2.87. The number of halogens is 2. The van der Waals surface area contributed by atoms with Crippen LogP contribution in [0.25, 0.3) is 0 Å². The van der Waals surface area contributed by atoms with Crippen molar-refractivity contribution in [3.8, 4) is 0 Å². The van der Waals surface area contributed by atoms with Gasteiger partial charge >= 0.3 is 23.1 Å². The van der Waals surface area contributed by atoms with Gasteiger partial charge in [0.2, 0.25) is 0 Å². The summed E-state index contributed by atoms with van der Waals surface area (Å²) in [5.41, 5.74) is 0. The SMILES string of the molecule is CC(O)C(=O)[O-].CC(O)C(=O)[O-].Cl.Cl.O.O.[Mg+2]. The van der Waals surface area contributed by atoms with Gasteiger partial charge in [-0.1, -0.05) is 0 Å². The first-order chi connectivity index (χ1) is 5.29. The molecule has 0 aliphatic heterocycles. The van der Waals surface area contributed by atoms with E-state index in [0.717, 1.165) is 13.8 Å². The van der Waals surface area contributed by atoms with Crippen LogP contribution in [0.4, 0.5) is 0 Å². The zero-order chi connectivity index (χ0) is 10.3. The molecule has 0 aromatic rings. The molecule has 2 atom stereocenters. The third-order valence-corrected chi connectivity index (χ3v) is 0.682. The summed E-state index contributed by atoms with van der Waals surface area (Å²) >= 11 is 0. The van der Waals surface area contributed by atoms with Crippen LogP contribution in [0.3, 0.4) is 0 Å². The van der Waals surface area contributed by atoms with E-state index in [9.17, 15) is 19.8 Å². The second-order valence-corrected chi connectivity index (χ2v) is 1.99. The van der Waals surface area contributed by atoms with E-state index in [4.69, 9.17) is 10.2 Å². The van der Waals surface area contributed by atoms with Gasteiger partial charge in [0, 0.05) is 0 Å². The van der Waals surface area contributed by atoms with Gasteiger partial charge in [0.15, 0.2) is 0 Å². The van der Waals surface area contributed by atoms with Gasteiger partial charge in [0.1, 0.15) is 0 Å². The zero-order valence-corrected chi connectivity index (χ0v) is 12.3. The molecule has 17 heavy (non-hydrogen) atoms. The molecule has 0 aliphatic carbocycles. The average molecular weight is 311 g/mol. The number of carbonyl (C=O) groups excluding carboxylic acids is 2. The van der Waals surface area contributed by atoms with Crippen LogP contribution >= 0.6 is 24.8 Å². The minimum atomic E-state index is -1.44. The molecule has 2 unspecified atom stereocenters. The largest absolute Gasteiger partial charge is 2.00 e. The summed E-state index contributed by atoms with van der Waals surface area (Å²) in [7, 11) is 0. The fourth-order valence-electron chi connectivity index (χ4n) is 0. The number of aliphatic carboxylic acids is 2. The Bertz CT molecular complexity index is 148. The maximum atomic E-state index is 9.34. The van der Waals surface area contributed by atoms with Crippen molar-refractivity contribution in [1.82, 2.24) is 0 Å². The van der Waals surface area contributed by atoms with E-state index >= 15 is 0 Å². The third kappa shape index (κ3) is 48.7. The third-order valence-electron chi connectivity index (χ3n) is 0.682. The molecule has 104 valence electrons. The Balaban J connectivity index is -0.0000000182. The summed E-state index contributed by atoms with van der Waals surface area (Å²) in [6.45, 7) is 2.27. The normalized spacial score (nSPS) is 9.65. The summed E-state index contributed by atoms with van der Waals surface area (Å²) in [6.07, 6.45) is -2.69. The van der Waals surface area contributed by atoms with Crippen LogP contribution in [0.5, 0.6) is 0 Å². The minimum absolute atomic E-state index is 0. The Kier molecular flexibility index (Phi) is 64.1. The molecule has 0 amide bonds. The molecular formula is C6H16Cl2MgO8. The maximum absolute atomic E-state index is 9.34. The van der Waals surface area contributed by atoms with E-state index in [1.807, 2.05) is 0 Å². The molecule has 0 spiro atoms. The van der Waals surface area contributed by atoms with E-state index in [1.165, 1.54) is 0 Å². The van der Waals surface area contributed by atoms with E-state index in [1.54, 1.807) is 0 Å². The van der Waals surface area contributed by atoms with Crippen molar-refractivity contribution in [2.45, 2.75) is 26.1 Å². The van der Waals surface area contributed by atoms with Gasteiger partial charge in [0.25, 0.3) is 0 Å². The molecule has 0 aromatic heterocycles. The molecule has 0 radical (unpaired) electrons. The van der Waals surface area contributed by atoms with Crippen molar-refractivity contribution in [2.24, 2.45) is 0 Å². The summed E-state index contributed by atoms with van der Waals surface area (Å²) in [5, 5.41) is 34.6. The van der Waals surface area contributed by atoms with Crippen LogP contribution in [-0.2, 0) is 9.59 Å². The van der Waals surface area contributed by atoms with Crippen molar-refractivity contribution >= 4 is 59.8 Å². The van der Waals surface area contributed by atoms with Crippen molar-refractivity contribution < 1.29 is 41.0 Å². The van der Waals surface area contributed by atoms with Gasteiger partial charge in [0.05, 0.1) is 24.1 Å². The number of aliphatic hydroxyl groups excluding tert-OH is 2. The van der Waals surface area contributed by atoms with Gasteiger partial charge in [-0.2, -0.15) is 0 Å². The smallest absolute Gasteiger partial charge is 0.547 e. The Morgan fingerprint density at radius 1 is 0.882 bits per heavy atom. The second kappa shape index (κ2) is 25.1. The van der Waals surface area contributed by atoms with Gasteiger partial charge in [-0.3, -0.25) is 0 Å². The van der Waals surface area contributed by atoms with E-state index in [0.29, 0.717) is 0 Å². The molecule has 0 saturated heterocycles. The monoisotopic (exact) mass is 310 g/mol. The zero-order valence-electron chi connectivity index (χ0n) is 9.21. The van der Waals surface area contributed by atoms with Crippen LogP contribution in [0.15, 0.2) is 0 Å². The molecular weight excluding hydrogens is 295 g/mol. The number of carboxylic acids is 2. The molecule has 0 aliphatic rings. The number of carbonyl (C=O) groups is 2. The Morgan fingerprint density at radius 3 is 0.941 bits per heavy atom. The Hall–Kier alpha value is 0.126. The van der Waals surface area contributed by atoms with Gasteiger partial charge in [-0.05, 0) is 13.8 Å². The molecule has 0 heterocycles. The number of hydrogen-bond donors (Lipinski definition) is 2. The Labute approximate surface area is 127 Å². The van der Waals surface area contributed by atoms with Crippen molar-refractivity contribution in [1.29, 1.82) is 0 Å². The first-order valence-electron chi connectivity index (χ1n) is 3.06. The molecule has 0 aromatic carbocycles. The predicted molar refractivity (Wildman–Crippen MR) is 60.9 cm³/mol. The van der Waals surface area contributed by atoms with Crippen LogP contribution < -0.4 is 10.2 Å². The fourth-order valence-corrected chi connectivity index (χ4v) is 0. The van der Waals surface area contributed by atoms with E-state index < -0.39 is 24.1 Å². The van der Waals surface area contributed by atoms with Crippen LogP contribution in [0.2, 0.25) is 0 Å². The fraction of sp³-hybridized carbons (Fsp3) is 0.667. The standard InChI is InChI=1S/2C3H6O3.2ClH.Mg.2H2O/c2*1-2(4)3(5)6;;;;;/h2*2,4H,1H3,(H,5,6);2*1H;;2*1H2/q;;;;+2;;/p-2. The van der Waals surface area contributed by atoms with Crippen LogP contribution in [0, 0.1) is 0 Å². The minimum Gasteiger partial charge on any atom is -0.547 e. The quantitative estimate of drug-likeness (QED) is 0.481. The number of aliphatic hydroxyl groups is 2. The molecule has 0 saturated carbocycles. The molecule has 8 nitrogen and oxygen atoms in total. The van der Waals surface area contributed by atoms with Gasteiger partial charge < -0.3 is 41.0 Å². The molecule has 0 bridgehead atoms. The second-order valence-electron chi connectivity index (χ2n) is 1.99. The van der Waals surface area contributed by atoms with E-state index in [-0.39, 0.29) is 58.8 Å². The van der Waals surface area contributed by atoms with E-state index in [2.05, 4.69) is 0 Å². The molecule has 6 N–H and O–H groups in total. The first kappa shape index (κ1) is 43.4. The molecule has 0 rings (SSSR count). The Morgan fingerprint density at radius 2 is 0.941 bits per heavy atom. The van der Waals surface area contributed by atoms with Gasteiger partial charge in [-0.25, -0.2) is 0 Å². The molecule has 0 fully saturated rings. The number of rotatable bonds is 2. The molecule has 11 heteroatoms. The summed E-state index contributed by atoms with van der Waals surface area (Å²) in [6, 6.07) is 0. The van der Waals surface area contributed by atoms with Crippen molar-refractivity contribution in [3.05, 3.63) is 0 Å². The van der Waals surface area contributed by atoms with Gasteiger partial charge in [-0.15, -0.1) is 24.8 Å². The van der Waals surface area contributed by atoms with Crippen LogP contribution in [0.1, 0.15) is 13.8 Å². The summed E-state index contributed by atoms with van der Waals surface area (Å²) in [4.78, 5) is 18.7.